The molecule has 0 spiro atoms. The van der Waals surface area contributed by atoms with E-state index in [-0.39, 0.29) is 5.92 Å². The molecule has 1 aliphatic heterocycles. The van der Waals surface area contributed by atoms with Gasteiger partial charge in [-0.05, 0) is 48.4 Å². The number of halogens is 2. The molecule has 2 N–H and O–H groups in total. The van der Waals surface area contributed by atoms with Gasteiger partial charge in [0.1, 0.15) is 13.2 Å². The van der Waals surface area contributed by atoms with Gasteiger partial charge in [-0.3, -0.25) is 0 Å². The first-order chi connectivity index (χ1) is 10.7. The number of ether oxygens (including phenoxy) is 2. The van der Waals surface area contributed by atoms with E-state index in [1.54, 1.807) is 0 Å². The lowest BCUT2D eigenvalue weighted by Crippen LogP contribution is -2.18. The molecule has 2 aromatic carbocycles. The van der Waals surface area contributed by atoms with Gasteiger partial charge in [0, 0.05) is 5.92 Å². The molecule has 1 unspecified atom stereocenters. The molecule has 2 aromatic rings. The van der Waals surface area contributed by atoms with Crippen molar-refractivity contribution in [3.05, 3.63) is 57.6 Å². The Bertz CT molecular complexity index is 676. The summed E-state index contributed by atoms with van der Waals surface area (Å²) in [5.74, 6) is 1.77. The van der Waals surface area contributed by atoms with E-state index in [4.69, 9.17) is 38.4 Å². The summed E-state index contributed by atoms with van der Waals surface area (Å²) >= 11 is 12.0. The molecule has 22 heavy (non-hydrogen) atoms. The molecule has 0 amide bonds. The van der Waals surface area contributed by atoms with E-state index in [0.29, 0.717) is 29.8 Å². The van der Waals surface area contributed by atoms with Crippen molar-refractivity contribution in [1.29, 1.82) is 0 Å². The van der Waals surface area contributed by atoms with Crippen molar-refractivity contribution in [3.63, 3.8) is 0 Å². The third-order valence-electron chi connectivity index (χ3n) is 3.79. The van der Waals surface area contributed by atoms with Gasteiger partial charge >= 0.3 is 0 Å². The minimum absolute atomic E-state index is 0.188. The molecule has 0 saturated heterocycles. The van der Waals surface area contributed by atoms with E-state index in [2.05, 4.69) is 0 Å². The quantitative estimate of drug-likeness (QED) is 0.915. The van der Waals surface area contributed by atoms with E-state index in [1.165, 1.54) is 0 Å². The first kappa shape index (κ1) is 15.5. The molecular weight excluding hydrogens is 321 g/mol. The number of benzene rings is 2. The highest BCUT2D eigenvalue weighted by Crippen LogP contribution is 2.34. The van der Waals surface area contributed by atoms with Gasteiger partial charge < -0.3 is 15.2 Å². The van der Waals surface area contributed by atoms with Crippen LogP contribution in [0.1, 0.15) is 17.0 Å². The Labute approximate surface area is 139 Å². The topological polar surface area (TPSA) is 44.5 Å². The molecule has 0 aromatic heterocycles. The summed E-state index contributed by atoms with van der Waals surface area (Å²) < 4.78 is 11.2. The molecule has 0 radical (unpaired) electrons. The van der Waals surface area contributed by atoms with E-state index < -0.39 is 0 Å². The normalized spacial score (nSPS) is 14.7. The van der Waals surface area contributed by atoms with Gasteiger partial charge in [0.05, 0.1) is 10.0 Å². The SMILES string of the molecule is NCC(Cc1ccc(Cl)c(Cl)c1)c1ccc2c(c1)OCCO2. The number of hydrogen-bond donors (Lipinski definition) is 1. The number of hydrogen-bond acceptors (Lipinski definition) is 3. The lowest BCUT2D eigenvalue weighted by molar-refractivity contribution is 0.171. The molecule has 116 valence electrons. The van der Waals surface area contributed by atoms with Gasteiger partial charge in [-0.1, -0.05) is 35.3 Å². The molecule has 0 fully saturated rings. The molecule has 5 heteroatoms. The van der Waals surface area contributed by atoms with Crippen LogP contribution in [0.5, 0.6) is 11.5 Å². The Morgan fingerprint density at radius 3 is 2.45 bits per heavy atom. The highest BCUT2D eigenvalue weighted by molar-refractivity contribution is 6.42. The Morgan fingerprint density at radius 1 is 0.955 bits per heavy atom. The van der Waals surface area contributed by atoms with Crippen molar-refractivity contribution in [2.24, 2.45) is 5.73 Å². The second-order valence-corrected chi connectivity index (χ2v) is 6.10. The minimum Gasteiger partial charge on any atom is -0.486 e. The van der Waals surface area contributed by atoms with Crippen molar-refractivity contribution in [1.82, 2.24) is 0 Å². The third kappa shape index (κ3) is 3.32. The van der Waals surface area contributed by atoms with Gasteiger partial charge in [0.25, 0.3) is 0 Å². The summed E-state index contributed by atoms with van der Waals surface area (Å²) in [7, 11) is 0. The minimum atomic E-state index is 0.188. The lowest BCUT2D eigenvalue weighted by Gasteiger charge is -2.21. The Balaban J connectivity index is 1.82. The Kier molecular flexibility index (Phi) is 4.77. The van der Waals surface area contributed by atoms with E-state index in [9.17, 15) is 0 Å². The van der Waals surface area contributed by atoms with Crippen molar-refractivity contribution in [3.8, 4) is 11.5 Å². The van der Waals surface area contributed by atoms with Crippen LogP contribution in [0.3, 0.4) is 0 Å². The molecule has 3 nitrogen and oxygen atoms in total. The van der Waals surface area contributed by atoms with Gasteiger partial charge in [-0.15, -0.1) is 0 Å². The van der Waals surface area contributed by atoms with Crippen LogP contribution in [0.2, 0.25) is 10.0 Å². The van der Waals surface area contributed by atoms with Crippen molar-refractivity contribution < 1.29 is 9.47 Å². The summed E-state index contributed by atoms with van der Waals surface area (Å²) in [4.78, 5) is 0. The third-order valence-corrected chi connectivity index (χ3v) is 4.53. The number of nitrogens with two attached hydrogens (primary N) is 1. The Morgan fingerprint density at radius 2 is 1.73 bits per heavy atom. The zero-order valence-corrected chi connectivity index (χ0v) is 13.5. The van der Waals surface area contributed by atoms with Gasteiger partial charge in [0.2, 0.25) is 0 Å². The monoisotopic (exact) mass is 337 g/mol. The first-order valence-corrected chi connectivity index (χ1v) is 7.96. The van der Waals surface area contributed by atoms with E-state index >= 15 is 0 Å². The molecule has 1 atom stereocenters. The molecule has 0 saturated carbocycles. The highest BCUT2D eigenvalue weighted by atomic mass is 35.5. The van der Waals surface area contributed by atoms with Crippen LogP contribution in [0.25, 0.3) is 0 Å². The van der Waals surface area contributed by atoms with Crippen LogP contribution < -0.4 is 15.2 Å². The second kappa shape index (κ2) is 6.78. The first-order valence-electron chi connectivity index (χ1n) is 7.21. The predicted molar refractivity (Wildman–Crippen MR) is 89.4 cm³/mol. The van der Waals surface area contributed by atoms with Crippen molar-refractivity contribution in [2.75, 3.05) is 19.8 Å². The average Bonchev–Trinajstić information content (AvgIpc) is 2.55. The summed E-state index contributed by atoms with van der Waals surface area (Å²) in [6.07, 6.45) is 0.799. The molecule has 1 heterocycles. The molecular formula is C17H17Cl2NO2. The van der Waals surface area contributed by atoms with Crippen molar-refractivity contribution >= 4 is 23.2 Å². The van der Waals surface area contributed by atoms with E-state index in [0.717, 1.165) is 29.0 Å². The molecule has 1 aliphatic rings. The largest absolute Gasteiger partial charge is 0.486 e. The van der Waals surface area contributed by atoms with Gasteiger partial charge in [0.15, 0.2) is 11.5 Å². The molecule has 0 aliphatic carbocycles. The summed E-state index contributed by atoms with van der Waals surface area (Å²) in [6.45, 7) is 1.71. The van der Waals surface area contributed by atoms with E-state index in [1.807, 2.05) is 36.4 Å². The van der Waals surface area contributed by atoms with Crippen LogP contribution in [0.15, 0.2) is 36.4 Å². The average molecular weight is 338 g/mol. The van der Waals surface area contributed by atoms with Crippen LogP contribution in [0, 0.1) is 0 Å². The van der Waals surface area contributed by atoms with Crippen LogP contribution >= 0.6 is 23.2 Å². The second-order valence-electron chi connectivity index (χ2n) is 5.29. The highest BCUT2D eigenvalue weighted by Gasteiger charge is 2.17. The predicted octanol–water partition coefficient (Wildman–Crippen LogP) is 4.05. The standard InChI is InChI=1S/C17H17Cl2NO2/c18-14-3-1-11(8-15(14)19)7-13(10-20)12-2-4-16-17(9-12)22-6-5-21-16/h1-4,8-9,13H,5-7,10,20H2. The fraction of sp³-hybridized carbons (Fsp3) is 0.294. The fourth-order valence-corrected chi connectivity index (χ4v) is 2.92. The number of rotatable bonds is 4. The molecule has 0 bridgehead atoms. The van der Waals surface area contributed by atoms with Crippen molar-refractivity contribution in [2.45, 2.75) is 12.3 Å². The number of fused-ring (bicyclic) bond motifs is 1. The van der Waals surface area contributed by atoms with Crippen LogP contribution in [0.4, 0.5) is 0 Å². The van der Waals surface area contributed by atoms with Gasteiger partial charge in [-0.25, -0.2) is 0 Å². The summed E-state index contributed by atoms with van der Waals surface area (Å²) in [5, 5.41) is 1.13. The zero-order chi connectivity index (χ0) is 15.5. The Hall–Kier alpha value is -1.42. The lowest BCUT2D eigenvalue weighted by atomic mass is 9.92. The maximum atomic E-state index is 6.08. The smallest absolute Gasteiger partial charge is 0.161 e. The summed E-state index contributed by atoms with van der Waals surface area (Å²) in [5.41, 5.74) is 8.21. The molecule has 3 rings (SSSR count). The van der Waals surface area contributed by atoms with Crippen LogP contribution in [-0.2, 0) is 6.42 Å². The maximum absolute atomic E-state index is 6.08. The zero-order valence-electron chi connectivity index (χ0n) is 12.0. The summed E-state index contributed by atoms with van der Waals surface area (Å²) in [6, 6.07) is 11.7. The maximum Gasteiger partial charge on any atom is 0.161 e. The van der Waals surface area contributed by atoms with Gasteiger partial charge in [-0.2, -0.15) is 0 Å². The van der Waals surface area contributed by atoms with Crippen LogP contribution in [-0.4, -0.2) is 19.8 Å². The fourth-order valence-electron chi connectivity index (χ4n) is 2.60.